The molecule has 0 aromatic heterocycles. The molecule has 0 saturated heterocycles. The molecule has 0 aromatic rings. The summed E-state index contributed by atoms with van der Waals surface area (Å²) in [6, 6.07) is 0. The van der Waals surface area contributed by atoms with Crippen LogP contribution in [0.15, 0.2) is 24.3 Å². The summed E-state index contributed by atoms with van der Waals surface area (Å²) in [7, 11) is 0. The zero-order chi connectivity index (χ0) is 18.9. The lowest BCUT2D eigenvalue weighted by atomic mass is 9.69. The third-order valence-electron chi connectivity index (χ3n) is 4.44. The smallest absolute Gasteiger partial charge is 0.333 e. The monoisotopic (exact) mass is 340 g/mol. The van der Waals surface area contributed by atoms with Gasteiger partial charge in [-0.1, -0.05) is 13.2 Å². The van der Waals surface area contributed by atoms with E-state index < -0.39 is 41.3 Å². The first-order valence-corrected chi connectivity index (χ1v) is 7.95. The minimum Gasteiger partial charge on any atom is -0.452 e. The second-order valence-corrected chi connectivity index (χ2v) is 7.38. The second kappa shape index (κ2) is 7.07. The van der Waals surface area contributed by atoms with Crippen molar-refractivity contribution in [2.75, 3.05) is 0 Å². The highest BCUT2D eigenvalue weighted by Crippen LogP contribution is 2.41. The van der Waals surface area contributed by atoms with Crippen LogP contribution in [0.4, 0.5) is 0 Å². The maximum atomic E-state index is 12.0. The molecule has 4 atom stereocenters. The van der Waals surface area contributed by atoms with Gasteiger partial charge in [0.2, 0.25) is 0 Å². The summed E-state index contributed by atoms with van der Waals surface area (Å²) in [4.78, 5) is 23.9. The van der Waals surface area contributed by atoms with Gasteiger partial charge in [0.15, 0.2) is 6.10 Å². The number of hydrogen-bond donors (Lipinski definition) is 2. The Labute approximate surface area is 143 Å². The Hall–Kier alpha value is -1.66. The lowest BCUT2D eigenvalue weighted by molar-refractivity contribution is -0.220. The van der Waals surface area contributed by atoms with Crippen LogP contribution in [0.3, 0.4) is 0 Å². The van der Waals surface area contributed by atoms with E-state index in [9.17, 15) is 19.8 Å². The average molecular weight is 340 g/mol. The molecule has 24 heavy (non-hydrogen) atoms. The summed E-state index contributed by atoms with van der Waals surface area (Å²) in [5, 5.41) is 21.0. The van der Waals surface area contributed by atoms with Crippen LogP contribution in [0.2, 0.25) is 0 Å². The number of rotatable bonds is 5. The van der Waals surface area contributed by atoms with Gasteiger partial charge in [-0.3, -0.25) is 0 Å². The fourth-order valence-corrected chi connectivity index (χ4v) is 2.92. The summed E-state index contributed by atoms with van der Waals surface area (Å²) >= 11 is 0. The molecule has 0 radical (unpaired) electrons. The van der Waals surface area contributed by atoms with E-state index in [1.54, 1.807) is 20.8 Å². The first-order chi connectivity index (χ1) is 10.8. The molecule has 1 rings (SSSR count). The van der Waals surface area contributed by atoms with E-state index in [4.69, 9.17) is 9.47 Å². The van der Waals surface area contributed by atoms with Crippen LogP contribution in [0.5, 0.6) is 0 Å². The van der Waals surface area contributed by atoms with Gasteiger partial charge in [0.25, 0.3) is 0 Å². The number of ether oxygens (including phenoxy) is 2. The number of aliphatic hydroxyl groups is 2. The third kappa shape index (κ3) is 4.45. The van der Waals surface area contributed by atoms with Gasteiger partial charge in [-0.15, -0.1) is 0 Å². The molecule has 136 valence electrons. The molecule has 4 unspecified atom stereocenters. The van der Waals surface area contributed by atoms with Gasteiger partial charge in [0.05, 0.1) is 5.60 Å². The topological polar surface area (TPSA) is 93.1 Å². The van der Waals surface area contributed by atoms with Crippen molar-refractivity contribution in [1.29, 1.82) is 0 Å². The molecule has 0 heterocycles. The molecule has 1 aliphatic rings. The van der Waals surface area contributed by atoms with Crippen LogP contribution < -0.4 is 0 Å². The maximum absolute atomic E-state index is 12.0. The molecular formula is C18H28O6. The summed E-state index contributed by atoms with van der Waals surface area (Å²) in [6.45, 7) is 14.8. The molecule has 1 fully saturated rings. The SMILES string of the molecule is C=C(C)C(=O)OC1C(O)C(C(C)(C)O)CCC1(C)OC(=O)C(=C)C. The van der Waals surface area contributed by atoms with E-state index in [1.165, 1.54) is 13.8 Å². The molecule has 0 amide bonds. The summed E-state index contributed by atoms with van der Waals surface area (Å²) in [5.41, 5.74) is -2.02. The molecule has 0 spiro atoms. The Morgan fingerprint density at radius 1 is 1.17 bits per heavy atom. The number of hydrogen-bond acceptors (Lipinski definition) is 6. The number of aliphatic hydroxyl groups excluding tert-OH is 1. The molecule has 0 aliphatic heterocycles. The Morgan fingerprint density at radius 2 is 1.67 bits per heavy atom. The Kier molecular flexibility index (Phi) is 6.00. The first kappa shape index (κ1) is 20.4. The molecule has 6 heteroatoms. The predicted molar refractivity (Wildman–Crippen MR) is 89.0 cm³/mol. The van der Waals surface area contributed by atoms with E-state index in [1.807, 2.05) is 0 Å². The van der Waals surface area contributed by atoms with Crippen LogP contribution in [0, 0.1) is 5.92 Å². The highest BCUT2D eigenvalue weighted by atomic mass is 16.6. The quantitative estimate of drug-likeness (QED) is 0.586. The second-order valence-electron chi connectivity index (χ2n) is 7.38. The lowest BCUT2D eigenvalue weighted by Crippen LogP contribution is -2.61. The van der Waals surface area contributed by atoms with Crippen molar-refractivity contribution in [2.45, 2.75) is 70.9 Å². The van der Waals surface area contributed by atoms with Crippen molar-refractivity contribution in [3.8, 4) is 0 Å². The molecule has 2 N–H and O–H groups in total. The fraction of sp³-hybridized carbons (Fsp3) is 0.667. The van der Waals surface area contributed by atoms with Crippen LogP contribution in [0.25, 0.3) is 0 Å². The van der Waals surface area contributed by atoms with Crippen molar-refractivity contribution in [3.63, 3.8) is 0 Å². The van der Waals surface area contributed by atoms with E-state index in [0.29, 0.717) is 12.8 Å². The number of carbonyl (C=O) groups is 2. The van der Waals surface area contributed by atoms with Crippen molar-refractivity contribution in [3.05, 3.63) is 24.3 Å². The van der Waals surface area contributed by atoms with E-state index in [0.717, 1.165) is 0 Å². The van der Waals surface area contributed by atoms with Gasteiger partial charge in [-0.2, -0.15) is 0 Å². The Morgan fingerprint density at radius 3 is 2.08 bits per heavy atom. The van der Waals surface area contributed by atoms with Crippen LogP contribution in [-0.2, 0) is 19.1 Å². The first-order valence-electron chi connectivity index (χ1n) is 7.95. The number of carbonyl (C=O) groups excluding carboxylic acids is 2. The molecule has 1 aliphatic carbocycles. The van der Waals surface area contributed by atoms with Crippen LogP contribution in [-0.4, -0.2) is 45.6 Å². The summed E-state index contributed by atoms with van der Waals surface area (Å²) in [6.07, 6.45) is -1.57. The van der Waals surface area contributed by atoms with Crippen molar-refractivity contribution in [2.24, 2.45) is 5.92 Å². The molecular weight excluding hydrogens is 312 g/mol. The zero-order valence-electron chi connectivity index (χ0n) is 15.1. The number of esters is 2. The third-order valence-corrected chi connectivity index (χ3v) is 4.44. The fourth-order valence-electron chi connectivity index (χ4n) is 2.92. The standard InChI is InChI=1S/C18H28O6/c1-10(2)15(20)23-14-13(19)12(17(5,6)22)8-9-18(14,7)24-16(21)11(3)4/h12-14,19,22H,1,3,8-9H2,2,4-7H3. The molecule has 0 aromatic carbocycles. The maximum Gasteiger partial charge on any atom is 0.333 e. The van der Waals surface area contributed by atoms with Gasteiger partial charge in [-0.25, -0.2) is 9.59 Å². The largest absolute Gasteiger partial charge is 0.452 e. The highest BCUT2D eigenvalue weighted by Gasteiger charge is 2.54. The van der Waals surface area contributed by atoms with Gasteiger partial charge >= 0.3 is 11.9 Å². The summed E-state index contributed by atoms with van der Waals surface area (Å²) < 4.78 is 10.9. The van der Waals surface area contributed by atoms with Gasteiger partial charge in [0.1, 0.15) is 11.7 Å². The highest BCUT2D eigenvalue weighted by molar-refractivity contribution is 5.88. The van der Waals surface area contributed by atoms with Crippen molar-refractivity contribution >= 4 is 11.9 Å². The van der Waals surface area contributed by atoms with E-state index in [2.05, 4.69) is 13.2 Å². The minimum atomic E-state index is -1.22. The van der Waals surface area contributed by atoms with E-state index >= 15 is 0 Å². The predicted octanol–water partition coefficient (Wildman–Crippen LogP) is 1.89. The molecule has 6 nitrogen and oxygen atoms in total. The zero-order valence-corrected chi connectivity index (χ0v) is 15.1. The molecule has 0 bridgehead atoms. The van der Waals surface area contributed by atoms with E-state index in [-0.39, 0.29) is 11.1 Å². The minimum absolute atomic E-state index is 0.168. The Balaban J connectivity index is 3.17. The van der Waals surface area contributed by atoms with Crippen molar-refractivity contribution in [1.82, 2.24) is 0 Å². The normalized spacial score (nSPS) is 30.4. The molecule has 1 saturated carbocycles. The van der Waals surface area contributed by atoms with Crippen LogP contribution in [0.1, 0.15) is 47.5 Å². The van der Waals surface area contributed by atoms with Crippen LogP contribution >= 0.6 is 0 Å². The van der Waals surface area contributed by atoms with Gasteiger partial charge in [0, 0.05) is 17.1 Å². The average Bonchev–Trinajstić information content (AvgIpc) is 2.41. The lowest BCUT2D eigenvalue weighted by Gasteiger charge is -2.48. The Bertz CT molecular complexity index is 544. The summed E-state index contributed by atoms with van der Waals surface area (Å²) in [5.74, 6) is -1.84. The van der Waals surface area contributed by atoms with Gasteiger partial charge < -0.3 is 19.7 Å². The van der Waals surface area contributed by atoms with Gasteiger partial charge in [-0.05, 0) is 47.5 Å². The van der Waals surface area contributed by atoms with Crippen molar-refractivity contribution < 1.29 is 29.3 Å².